The van der Waals surface area contributed by atoms with Gasteiger partial charge in [0.1, 0.15) is 4.60 Å². The summed E-state index contributed by atoms with van der Waals surface area (Å²) in [6, 6.07) is 2.00. The third kappa shape index (κ3) is 1.78. The quantitative estimate of drug-likeness (QED) is 0.658. The van der Waals surface area contributed by atoms with Crippen LogP contribution >= 0.6 is 15.9 Å². The molecule has 0 spiro atoms. The Morgan fingerprint density at radius 2 is 2.00 bits per heavy atom. The van der Waals surface area contributed by atoms with Crippen molar-refractivity contribution in [2.45, 2.75) is 13.8 Å². The van der Waals surface area contributed by atoms with E-state index < -0.39 is 0 Å². The van der Waals surface area contributed by atoms with Crippen molar-refractivity contribution in [3.05, 3.63) is 28.0 Å². The molecule has 1 aromatic heterocycles. The highest BCUT2D eigenvalue weighted by Gasteiger charge is 1.95. The zero-order valence-electron chi connectivity index (χ0n) is 6.19. The number of aromatic nitrogens is 1. The second kappa shape index (κ2) is 3.68. The summed E-state index contributed by atoms with van der Waals surface area (Å²) in [5.41, 5.74) is 2.49. The molecule has 0 saturated carbocycles. The van der Waals surface area contributed by atoms with Crippen LogP contribution in [0.15, 0.2) is 16.9 Å². The third-order valence-electron chi connectivity index (χ3n) is 1.41. The van der Waals surface area contributed by atoms with Crippen molar-refractivity contribution in [2.24, 2.45) is 0 Å². The van der Waals surface area contributed by atoms with E-state index in [9.17, 15) is 0 Å². The molecule has 0 fully saturated rings. The molecule has 3 N–H and O–H groups in total. The van der Waals surface area contributed by atoms with E-state index in [0.29, 0.717) is 0 Å². The first-order chi connectivity index (χ1) is 4.22. The van der Waals surface area contributed by atoms with E-state index in [1.165, 1.54) is 11.1 Å². The van der Waals surface area contributed by atoms with Gasteiger partial charge in [-0.25, -0.2) is 4.98 Å². The Morgan fingerprint density at radius 3 is 2.40 bits per heavy atom. The zero-order chi connectivity index (χ0) is 6.85. The van der Waals surface area contributed by atoms with Gasteiger partial charge in [-0.05, 0) is 47.0 Å². The number of aryl methyl sites for hydroxylation is 1. The van der Waals surface area contributed by atoms with E-state index in [2.05, 4.69) is 27.8 Å². The molecule has 0 aliphatic carbocycles. The Bertz CT molecular complexity index is 203. The average molecular weight is 203 g/mol. The van der Waals surface area contributed by atoms with Crippen molar-refractivity contribution < 1.29 is 0 Å². The van der Waals surface area contributed by atoms with Gasteiger partial charge in [-0.15, -0.1) is 0 Å². The maximum Gasteiger partial charge on any atom is 0.109 e. The van der Waals surface area contributed by atoms with Gasteiger partial charge in [0.05, 0.1) is 0 Å². The summed E-state index contributed by atoms with van der Waals surface area (Å²) in [7, 11) is 0. The Balaban J connectivity index is 0.000000810. The third-order valence-corrected chi connectivity index (χ3v) is 2.21. The molecule has 0 unspecified atom stereocenters. The predicted octanol–water partition coefficient (Wildman–Crippen LogP) is 2.62. The summed E-state index contributed by atoms with van der Waals surface area (Å²) in [5, 5.41) is 0. The smallest absolute Gasteiger partial charge is 0.109 e. The summed E-state index contributed by atoms with van der Waals surface area (Å²) >= 11 is 3.33. The highest BCUT2D eigenvalue weighted by atomic mass is 79.9. The summed E-state index contributed by atoms with van der Waals surface area (Å²) in [4.78, 5) is 4.06. The Labute approximate surface area is 69.4 Å². The van der Waals surface area contributed by atoms with Crippen LogP contribution in [-0.2, 0) is 0 Å². The standard InChI is InChI=1S/C7H8BrN.H3N/c1-5-3-4-9-7(8)6(5)2;/h3-4H,1-2H3;1H3. The second-order valence-electron chi connectivity index (χ2n) is 2.04. The van der Waals surface area contributed by atoms with Gasteiger partial charge in [-0.3, -0.25) is 0 Å². The maximum atomic E-state index is 4.06. The van der Waals surface area contributed by atoms with E-state index in [1.54, 1.807) is 6.20 Å². The van der Waals surface area contributed by atoms with Gasteiger partial charge < -0.3 is 6.15 Å². The molecule has 3 heteroatoms. The average Bonchev–Trinajstić information content (AvgIpc) is 1.83. The van der Waals surface area contributed by atoms with Gasteiger partial charge in [0, 0.05) is 6.20 Å². The Kier molecular flexibility index (Phi) is 3.53. The Hall–Kier alpha value is -0.410. The lowest BCUT2D eigenvalue weighted by molar-refractivity contribution is 1.17. The van der Waals surface area contributed by atoms with Gasteiger partial charge in [-0.2, -0.15) is 0 Å². The molecule has 0 radical (unpaired) electrons. The molecule has 0 saturated heterocycles. The molecule has 56 valence electrons. The van der Waals surface area contributed by atoms with Crippen LogP contribution < -0.4 is 6.15 Å². The largest absolute Gasteiger partial charge is 0.344 e. The van der Waals surface area contributed by atoms with Crippen LogP contribution in [-0.4, -0.2) is 4.98 Å². The molecule has 1 heterocycles. The highest BCUT2D eigenvalue weighted by molar-refractivity contribution is 9.10. The molecule has 0 atom stereocenters. The molecule has 2 nitrogen and oxygen atoms in total. The lowest BCUT2D eigenvalue weighted by atomic mass is 10.2. The van der Waals surface area contributed by atoms with Crippen LogP contribution in [0.25, 0.3) is 0 Å². The summed E-state index contributed by atoms with van der Waals surface area (Å²) in [6.07, 6.45) is 1.80. The van der Waals surface area contributed by atoms with Gasteiger partial charge >= 0.3 is 0 Å². The lowest BCUT2D eigenvalue weighted by Crippen LogP contribution is -1.83. The highest BCUT2D eigenvalue weighted by Crippen LogP contribution is 2.14. The number of pyridine rings is 1. The minimum Gasteiger partial charge on any atom is -0.344 e. The molecule has 0 amide bonds. The first kappa shape index (κ1) is 9.59. The van der Waals surface area contributed by atoms with Gasteiger partial charge in [0.15, 0.2) is 0 Å². The van der Waals surface area contributed by atoms with Crippen molar-refractivity contribution in [3.8, 4) is 0 Å². The van der Waals surface area contributed by atoms with Crippen molar-refractivity contribution in [1.29, 1.82) is 0 Å². The van der Waals surface area contributed by atoms with Crippen molar-refractivity contribution >= 4 is 15.9 Å². The molecule has 10 heavy (non-hydrogen) atoms. The number of hydrogen-bond donors (Lipinski definition) is 1. The van der Waals surface area contributed by atoms with E-state index in [4.69, 9.17) is 0 Å². The SMILES string of the molecule is Cc1ccnc(Br)c1C.N. The Morgan fingerprint density at radius 1 is 1.40 bits per heavy atom. The molecule has 1 aromatic rings. The minimum absolute atomic E-state index is 0. The molecule has 0 bridgehead atoms. The van der Waals surface area contributed by atoms with Crippen LogP contribution in [0, 0.1) is 13.8 Å². The van der Waals surface area contributed by atoms with E-state index in [-0.39, 0.29) is 6.15 Å². The molecular weight excluding hydrogens is 192 g/mol. The van der Waals surface area contributed by atoms with Crippen LogP contribution in [0.3, 0.4) is 0 Å². The second-order valence-corrected chi connectivity index (χ2v) is 2.79. The molecular formula is C7H11BrN2. The topological polar surface area (TPSA) is 47.9 Å². The summed E-state index contributed by atoms with van der Waals surface area (Å²) in [6.45, 7) is 4.12. The number of halogens is 1. The van der Waals surface area contributed by atoms with Crippen LogP contribution in [0.1, 0.15) is 11.1 Å². The van der Waals surface area contributed by atoms with Crippen LogP contribution in [0.4, 0.5) is 0 Å². The van der Waals surface area contributed by atoms with Gasteiger partial charge in [0.2, 0.25) is 0 Å². The maximum absolute atomic E-state index is 4.06. The van der Waals surface area contributed by atoms with Crippen LogP contribution in [0.2, 0.25) is 0 Å². The van der Waals surface area contributed by atoms with Crippen LogP contribution in [0.5, 0.6) is 0 Å². The molecule has 0 aliphatic heterocycles. The first-order valence-electron chi connectivity index (χ1n) is 2.79. The van der Waals surface area contributed by atoms with Crippen molar-refractivity contribution in [1.82, 2.24) is 11.1 Å². The number of rotatable bonds is 0. The number of hydrogen-bond acceptors (Lipinski definition) is 2. The number of nitrogens with zero attached hydrogens (tertiary/aromatic N) is 1. The first-order valence-corrected chi connectivity index (χ1v) is 3.59. The summed E-state index contributed by atoms with van der Waals surface area (Å²) < 4.78 is 0.947. The normalized spacial score (nSPS) is 8.70. The van der Waals surface area contributed by atoms with Gasteiger partial charge in [0.25, 0.3) is 0 Å². The fourth-order valence-electron chi connectivity index (χ4n) is 0.599. The van der Waals surface area contributed by atoms with E-state index in [1.807, 2.05) is 13.0 Å². The monoisotopic (exact) mass is 202 g/mol. The molecule has 1 rings (SSSR count). The lowest BCUT2D eigenvalue weighted by Gasteiger charge is -1.98. The molecule has 0 aromatic carbocycles. The van der Waals surface area contributed by atoms with E-state index in [0.717, 1.165) is 4.60 Å². The summed E-state index contributed by atoms with van der Waals surface area (Å²) in [5.74, 6) is 0. The fourth-order valence-corrected chi connectivity index (χ4v) is 1.03. The zero-order valence-corrected chi connectivity index (χ0v) is 7.77. The molecule has 0 aliphatic rings. The van der Waals surface area contributed by atoms with E-state index >= 15 is 0 Å². The van der Waals surface area contributed by atoms with Crippen molar-refractivity contribution in [3.63, 3.8) is 0 Å². The predicted molar refractivity (Wildman–Crippen MR) is 46.4 cm³/mol. The fraction of sp³-hybridized carbons (Fsp3) is 0.286. The minimum atomic E-state index is 0. The van der Waals surface area contributed by atoms with Crippen molar-refractivity contribution in [2.75, 3.05) is 0 Å². The van der Waals surface area contributed by atoms with Gasteiger partial charge in [-0.1, -0.05) is 0 Å².